The molecule has 52 valence electrons. The van der Waals surface area contributed by atoms with Crippen molar-refractivity contribution >= 4 is 12.4 Å². The Morgan fingerprint density at radius 2 is 2.12 bits per heavy atom. The van der Waals surface area contributed by atoms with E-state index in [9.17, 15) is 0 Å². The summed E-state index contributed by atoms with van der Waals surface area (Å²) in [5.74, 6) is 0. The van der Waals surface area contributed by atoms with E-state index < -0.39 is 0 Å². The summed E-state index contributed by atoms with van der Waals surface area (Å²) in [6.45, 7) is 2.54. The van der Waals surface area contributed by atoms with E-state index in [-0.39, 0.29) is 18.5 Å². The molecule has 3 heteroatoms. The average Bonchev–Trinajstić information content (AvgIpc) is 1.68. The highest BCUT2D eigenvalue weighted by molar-refractivity contribution is 5.85. The van der Waals surface area contributed by atoms with Crippen molar-refractivity contribution in [1.29, 1.82) is 0 Å². The van der Waals surface area contributed by atoms with Gasteiger partial charge in [0.05, 0.1) is 6.10 Å². The molecular weight excluding hydrogens is 126 g/mol. The summed E-state index contributed by atoms with van der Waals surface area (Å²) in [5.41, 5.74) is 5.14. The average molecular weight is 140 g/mol. The molecule has 8 heavy (non-hydrogen) atoms. The molecule has 0 aliphatic carbocycles. The van der Waals surface area contributed by atoms with Gasteiger partial charge < -0.3 is 10.8 Å². The van der Waals surface area contributed by atoms with Gasteiger partial charge in [-0.05, 0) is 19.4 Å². The quantitative estimate of drug-likeness (QED) is 0.599. The van der Waals surface area contributed by atoms with Gasteiger partial charge in [-0.2, -0.15) is 0 Å². The summed E-state index contributed by atoms with van der Waals surface area (Å²) < 4.78 is 0. The normalized spacial score (nSPS) is 12.4. The molecule has 3 N–H and O–H groups in total. The van der Waals surface area contributed by atoms with E-state index in [1.54, 1.807) is 0 Å². The Kier molecular flexibility index (Phi) is 9.97. The Morgan fingerprint density at radius 3 is 2.25 bits per heavy atom. The maximum atomic E-state index is 8.78. The van der Waals surface area contributed by atoms with E-state index in [1.807, 2.05) is 6.92 Å². The molecule has 0 aromatic heterocycles. The maximum Gasteiger partial charge on any atom is 0.0549 e. The highest BCUT2D eigenvalue weighted by Crippen LogP contribution is 1.91. The zero-order chi connectivity index (χ0) is 5.70. The molecular formula is C5H14ClNO. The van der Waals surface area contributed by atoms with Crippen LogP contribution in [0.1, 0.15) is 19.8 Å². The SMILES string of the molecule is CC[C@H](O)CCN.Cl. The lowest BCUT2D eigenvalue weighted by Gasteiger charge is -2.01. The molecule has 1 atom stereocenters. The van der Waals surface area contributed by atoms with Crippen LogP contribution in [0.2, 0.25) is 0 Å². The number of nitrogens with two attached hydrogens (primary N) is 1. The van der Waals surface area contributed by atoms with E-state index in [1.165, 1.54) is 0 Å². The van der Waals surface area contributed by atoms with E-state index in [0.717, 1.165) is 12.8 Å². The third kappa shape index (κ3) is 6.21. The van der Waals surface area contributed by atoms with Crippen LogP contribution in [0.5, 0.6) is 0 Å². The lowest BCUT2D eigenvalue weighted by atomic mass is 10.2. The number of hydrogen-bond donors (Lipinski definition) is 2. The first-order valence-corrected chi connectivity index (χ1v) is 2.69. The van der Waals surface area contributed by atoms with Gasteiger partial charge in [0.2, 0.25) is 0 Å². The Hall–Kier alpha value is 0.210. The van der Waals surface area contributed by atoms with Crippen LogP contribution >= 0.6 is 12.4 Å². The van der Waals surface area contributed by atoms with Gasteiger partial charge in [0, 0.05) is 0 Å². The molecule has 0 rings (SSSR count). The van der Waals surface area contributed by atoms with E-state index >= 15 is 0 Å². The standard InChI is InChI=1S/C5H13NO.ClH/c1-2-5(7)3-4-6;/h5,7H,2-4,6H2,1H3;1H/t5-;/m0./s1. The fourth-order valence-corrected chi connectivity index (χ4v) is 0.397. The fourth-order valence-electron chi connectivity index (χ4n) is 0.397. The number of aliphatic hydroxyl groups excluding tert-OH is 1. The number of rotatable bonds is 3. The van der Waals surface area contributed by atoms with Crippen molar-refractivity contribution in [2.75, 3.05) is 6.54 Å². The first kappa shape index (κ1) is 11.1. The summed E-state index contributed by atoms with van der Waals surface area (Å²) in [6.07, 6.45) is 1.37. The smallest absolute Gasteiger partial charge is 0.0549 e. The molecule has 0 unspecified atom stereocenters. The lowest BCUT2D eigenvalue weighted by molar-refractivity contribution is 0.163. The molecule has 2 nitrogen and oxygen atoms in total. The predicted molar refractivity (Wildman–Crippen MR) is 37.2 cm³/mol. The van der Waals surface area contributed by atoms with Gasteiger partial charge in [-0.15, -0.1) is 12.4 Å². The van der Waals surface area contributed by atoms with Crippen molar-refractivity contribution < 1.29 is 5.11 Å². The van der Waals surface area contributed by atoms with Gasteiger partial charge in [0.25, 0.3) is 0 Å². The molecule has 0 bridgehead atoms. The highest BCUT2D eigenvalue weighted by Gasteiger charge is 1.94. The molecule has 0 saturated carbocycles. The zero-order valence-corrected chi connectivity index (χ0v) is 5.95. The molecule has 0 aliphatic rings. The molecule has 0 heterocycles. The summed E-state index contributed by atoms with van der Waals surface area (Å²) in [7, 11) is 0. The van der Waals surface area contributed by atoms with Crippen molar-refractivity contribution in [3.63, 3.8) is 0 Å². The van der Waals surface area contributed by atoms with Crippen molar-refractivity contribution in [2.45, 2.75) is 25.9 Å². The Morgan fingerprint density at radius 1 is 1.62 bits per heavy atom. The minimum Gasteiger partial charge on any atom is -0.393 e. The zero-order valence-electron chi connectivity index (χ0n) is 5.13. The Balaban J connectivity index is 0. The van der Waals surface area contributed by atoms with Crippen molar-refractivity contribution in [1.82, 2.24) is 0 Å². The van der Waals surface area contributed by atoms with Crippen molar-refractivity contribution in [3.8, 4) is 0 Å². The van der Waals surface area contributed by atoms with E-state index in [2.05, 4.69) is 0 Å². The summed E-state index contributed by atoms with van der Waals surface area (Å²) >= 11 is 0. The maximum absolute atomic E-state index is 8.78. The van der Waals surface area contributed by atoms with Gasteiger partial charge >= 0.3 is 0 Å². The van der Waals surface area contributed by atoms with Crippen molar-refractivity contribution in [3.05, 3.63) is 0 Å². The van der Waals surface area contributed by atoms with Gasteiger partial charge in [-0.3, -0.25) is 0 Å². The van der Waals surface area contributed by atoms with Crippen LogP contribution in [-0.2, 0) is 0 Å². The van der Waals surface area contributed by atoms with Crippen LogP contribution in [0.3, 0.4) is 0 Å². The van der Waals surface area contributed by atoms with Crippen LogP contribution in [0.15, 0.2) is 0 Å². The van der Waals surface area contributed by atoms with Gasteiger partial charge in [0.15, 0.2) is 0 Å². The number of hydrogen-bond acceptors (Lipinski definition) is 2. The molecule has 0 aromatic carbocycles. The van der Waals surface area contributed by atoms with Crippen LogP contribution in [0, 0.1) is 0 Å². The molecule has 0 spiro atoms. The number of halogens is 1. The van der Waals surface area contributed by atoms with Crippen LogP contribution in [0.4, 0.5) is 0 Å². The summed E-state index contributed by atoms with van der Waals surface area (Å²) in [5, 5.41) is 8.78. The fraction of sp³-hybridized carbons (Fsp3) is 1.00. The Labute approximate surface area is 56.5 Å². The molecule has 0 amide bonds. The molecule has 0 fully saturated rings. The molecule has 0 radical (unpaired) electrons. The Bertz CT molecular complexity index is 43.4. The van der Waals surface area contributed by atoms with Crippen LogP contribution in [-0.4, -0.2) is 17.8 Å². The second-order valence-electron chi connectivity index (χ2n) is 1.64. The topological polar surface area (TPSA) is 46.2 Å². The summed E-state index contributed by atoms with van der Waals surface area (Å²) in [4.78, 5) is 0. The predicted octanol–water partition coefficient (Wildman–Crippen LogP) is 0.528. The third-order valence-electron chi connectivity index (χ3n) is 0.971. The second kappa shape index (κ2) is 7.21. The van der Waals surface area contributed by atoms with Crippen molar-refractivity contribution in [2.24, 2.45) is 5.73 Å². The molecule has 0 aliphatic heterocycles. The first-order chi connectivity index (χ1) is 3.31. The first-order valence-electron chi connectivity index (χ1n) is 2.69. The van der Waals surface area contributed by atoms with Gasteiger partial charge in [-0.25, -0.2) is 0 Å². The van der Waals surface area contributed by atoms with Crippen LogP contribution < -0.4 is 5.73 Å². The number of aliphatic hydroxyl groups is 1. The minimum absolute atomic E-state index is 0. The highest BCUT2D eigenvalue weighted by atomic mass is 35.5. The second-order valence-corrected chi connectivity index (χ2v) is 1.64. The molecule has 0 saturated heterocycles. The largest absolute Gasteiger partial charge is 0.393 e. The van der Waals surface area contributed by atoms with Gasteiger partial charge in [0.1, 0.15) is 0 Å². The van der Waals surface area contributed by atoms with Gasteiger partial charge in [-0.1, -0.05) is 6.92 Å². The van der Waals surface area contributed by atoms with Crippen LogP contribution in [0.25, 0.3) is 0 Å². The van der Waals surface area contributed by atoms with E-state index in [4.69, 9.17) is 10.8 Å². The third-order valence-corrected chi connectivity index (χ3v) is 0.971. The monoisotopic (exact) mass is 139 g/mol. The molecule has 0 aromatic rings. The summed E-state index contributed by atoms with van der Waals surface area (Å²) in [6, 6.07) is 0. The minimum atomic E-state index is -0.176. The lowest BCUT2D eigenvalue weighted by Crippen LogP contribution is -2.11. The van der Waals surface area contributed by atoms with E-state index in [0.29, 0.717) is 6.54 Å².